The number of halogens is 2. The van der Waals surface area contributed by atoms with E-state index in [4.69, 9.17) is 27.9 Å². The molecule has 0 spiro atoms. The van der Waals surface area contributed by atoms with E-state index in [0.717, 1.165) is 75.5 Å². The number of unbranched alkanes of at least 4 members (excludes halogenated alkanes) is 1. The van der Waals surface area contributed by atoms with Crippen LogP contribution in [0.3, 0.4) is 0 Å². The summed E-state index contributed by atoms with van der Waals surface area (Å²) in [5, 5.41) is 14.7. The van der Waals surface area contributed by atoms with Crippen LogP contribution in [0.5, 0.6) is 5.75 Å². The van der Waals surface area contributed by atoms with Crippen molar-refractivity contribution in [2.75, 3.05) is 49.5 Å². The third-order valence-electron chi connectivity index (χ3n) is 6.15. The van der Waals surface area contributed by atoms with Gasteiger partial charge in [-0.15, -0.1) is 0 Å². The van der Waals surface area contributed by atoms with E-state index >= 15 is 0 Å². The smallest absolute Gasteiger partial charge is 0.132 e. The highest BCUT2D eigenvalue weighted by atomic mass is 35.5. The van der Waals surface area contributed by atoms with Crippen LogP contribution in [0.1, 0.15) is 31.7 Å². The first-order chi connectivity index (χ1) is 14.9. The van der Waals surface area contributed by atoms with Gasteiger partial charge in [0.05, 0.1) is 22.3 Å². The van der Waals surface area contributed by atoms with Crippen molar-refractivity contribution < 1.29 is 9.84 Å². The highest BCUT2D eigenvalue weighted by Crippen LogP contribution is 2.33. The molecule has 1 fully saturated rings. The summed E-state index contributed by atoms with van der Waals surface area (Å²) in [4.78, 5) is 4.81. The molecule has 5 nitrogen and oxygen atoms in total. The first-order valence-corrected chi connectivity index (χ1v) is 11.8. The molecule has 1 unspecified atom stereocenters. The van der Waals surface area contributed by atoms with Gasteiger partial charge in [0.25, 0.3) is 0 Å². The van der Waals surface area contributed by atoms with Crippen LogP contribution in [0.2, 0.25) is 10.0 Å². The predicted octanol–water partition coefficient (Wildman–Crippen LogP) is 5.04. The Morgan fingerprint density at radius 1 is 1.10 bits per heavy atom. The molecule has 0 aromatic heterocycles. The Balaban J connectivity index is 1.16. The molecule has 1 atom stereocenters. The van der Waals surface area contributed by atoms with Gasteiger partial charge in [-0.1, -0.05) is 35.3 Å². The second-order valence-electron chi connectivity index (χ2n) is 8.68. The highest BCUT2D eigenvalue weighted by Gasteiger charge is 2.26. The summed E-state index contributed by atoms with van der Waals surface area (Å²) in [6, 6.07) is 12.0. The molecule has 2 N–H and O–H groups in total. The van der Waals surface area contributed by atoms with Crippen molar-refractivity contribution in [1.82, 2.24) is 4.90 Å². The molecule has 168 valence electrons. The number of piperazine rings is 1. The second-order valence-corrected chi connectivity index (χ2v) is 9.46. The number of rotatable bonds is 7. The highest BCUT2D eigenvalue weighted by molar-refractivity contribution is 6.43. The first-order valence-electron chi connectivity index (χ1n) is 11.1. The van der Waals surface area contributed by atoms with Crippen LogP contribution in [-0.2, 0) is 6.42 Å². The number of nitrogens with one attached hydrogen (secondary N) is 1. The van der Waals surface area contributed by atoms with Crippen LogP contribution in [0.25, 0.3) is 0 Å². The normalized spacial score (nSPS) is 21.5. The van der Waals surface area contributed by atoms with Gasteiger partial charge in [-0.05, 0) is 62.9 Å². The van der Waals surface area contributed by atoms with Crippen molar-refractivity contribution in [2.45, 2.75) is 38.3 Å². The van der Waals surface area contributed by atoms with E-state index in [9.17, 15) is 5.11 Å². The van der Waals surface area contributed by atoms with Crippen molar-refractivity contribution >= 4 is 34.6 Å². The van der Waals surface area contributed by atoms with Crippen LogP contribution >= 0.6 is 23.2 Å². The van der Waals surface area contributed by atoms with E-state index in [0.29, 0.717) is 16.7 Å². The number of anilines is 2. The minimum atomic E-state index is -0.840. The van der Waals surface area contributed by atoms with E-state index < -0.39 is 5.72 Å². The van der Waals surface area contributed by atoms with E-state index in [1.807, 2.05) is 37.3 Å². The standard InChI is InChI=1S/C24H31Cl2N3O2/c1-24(30)10-9-18-7-8-19(17-21(18)27-24)31-16-3-2-11-28-12-14-29(15-13-28)22-6-4-5-20(25)23(22)26/h4-8,17,27,30H,2-3,9-16H2,1H3. The van der Waals surface area contributed by atoms with Crippen molar-refractivity contribution in [3.05, 3.63) is 52.0 Å². The van der Waals surface area contributed by atoms with Crippen molar-refractivity contribution in [3.8, 4) is 5.75 Å². The first kappa shape index (κ1) is 22.5. The number of benzene rings is 2. The van der Waals surface area contributed by atoms with E-state index in [2.05, 4.69) is 21.2 Å². The van der Waals surface area contributed by atoms with Gasteiger partial charge in [0.1, 0.15) is 11.5 Å². The molecule has 0 radical (unpaired) electrons. The van der Waals surface area contributed by atoms with Gasteiger partial charge >= 0.3 is 0 Å². The number of nitrogens with zero attached hydrogens (tertiary/aromatic N) is 2. The quantitative estimate of drug-likeness (QED) is 0.563. The molecule has 0 aliphatic carbocycles. The lowest BCUT2D eigenvalue weighted by Gasteiger charge is -2.36. The fourth-order valence-corrected chi connectivity index (χ4v) is 4.70. The average Bonchev–Trinajstić information content (AvgIpc) is 2.75. The lowest BCUT2D eigenvalue weighted by molar-refractivity contribution is 0.0771. The van der Waals surface area contributed by atoms with Crippen LogP contribution in [0.4, 0.5) is 11.4 Å². The van der Waals surface area contributed by atoms with Crippen LogP contribution in [-0.4, -0.2) is 55.1 Å². The Hall–Kier alpha value is -1.66. The Labute approximate surface area is 194 Å². The zero-order chi connectivity index (χ0) is 21.8. The molecular formula is C24H31Cl2N3O2. The summed E-state index contributed by atoms with van der Waals surface area (Å²) in [7, 11) is 0. The number of ether oxygens (including phenoxy) is 1. The van der Waals surface area contributed by atoms with E-state index in [-0.39, 0.29) is 0 Å². The maximum Gasteiger partial charge on any atom is 0.132 e. The molecule has 4 rings (SSSR count). The summed E-state index contributed by atoms with van der Waals surface area (Å²) in [6.45, 7) is 7.57. The zero-order valence-electron chi connectivity index (χ0n) is 18.0. The van der Waals surface area contributed by atoms with Gasteiger partial charge in [-0.2, -0.15) is 0 Å². The molecular weight excluding hydrogens is 433 g/mol. The molecule has 2 heterocycles. The van der Waals surface area contributed by atoms with Gasteiger partial charge in [0.2, 0.25) is 0 Å². The minimum absolute atomic E-state index is 0.613. The van der Waals surface area contributed by atoms with Crippen LogP contribution < -0.4 is 15.0 Å². The maximum absolute atomic E-state index is 10.2. The molecule has 2 aromatic carbocycles. The Morgan fingerprint density at radius 2 is 1.90 bits per heavy atom. The number of hydrogen-bond acceptors (Lipinski definition) is 5. The Morgan fingerprint density at radius 3 is 2.71 bits per heavy atom. The largest absolute Gasteiger partial charge is 0.494 e. The summed E-state index contributed by atoms with van der Waals surface area (Å²) in [5.41, 5.74) is 2.40. The molecule has 31 heavy (non-hydrogen) atoms. The van der Waals surface area contributed by atoms with Crippen molar-refractivity contribution in [2.24, 2.45) is 0 Å². The minimum Gasteiger partial charge on any atom is -0.494 e. The molecule has 7 heteroatoms. The summed E-state index contributed by atoms with van der Waals surface area (Å²) < 4.78 is 5.95. The third-order valence-corrected chi connectivity index (χ3v) is 6.96. The van der Waals surface area contributed by atoms with Gasteiger partial charge in [-0.3, -0.25) is 4.90 Å². The molecule has 2 aliphatic rings. The third kappa shape index (κ3) is 5.78. The van der Waals surface area contributed by atoms with Crippen molar-refractivity contribution in [1.29, 1.82) is 0 Å². The summed E-state index contributed by atoms with van der Waals surface area (Å²) in [6.07, 6.45) is 3.73. The Kier molecular flexibility index (Phi) is 7.17. The molecule has 2 aliphatic heterocycles. The lowest BCUT2D eigenvalue weighted by Crippen LogP contribution is -2.46. The number of aliphatic hydroxyl groups is 1. The average molecular weight is 464 g/mol. The van der Waals surface area contributed by atoms with Crippen LogP contribution in [0, 0.1) is 0 Å². The van der Waals surface area contributed by atoms with E-state index in [1.54, 1.807) is 0 Å². The topological polar surface area (TPSA) is 48.0 Å². The lowest BCUT2D eigenvalue weighted by atomic mass is 9.96. The van der Waals surface area contributed by atoms with Gasteiger partial charge in [-0.25, -0.2) is 0 Å². The maximum atomic E-state index is 10.2. The zero-order valence-corrected chi connectivity index (χ0v) is 19.6. The Bertz CT molecular complexity index is 898. The van der Waals surface area contributed by atoms with Gasteiger partial charge < -0.3 is 20.1 Å². The summed E-state index contributed by atoms with van der Waals surface area (Å²) >= 11 is 12.5. The van der Waals surface area contributed by atoms with E-state index in [1.165, 1.54) is 5.56 Å². The monoisotopic (exact) mass is 463 g/mol. The number of fused-ring (bicyclic) bond motifs is 1. The van der Waals surface area contributed by atoms with Crippen LogP contribution in [0.15, 0.2) is 36.4 Å². The molecule has 0 saturated carbocycles. The number of aryl methyl sites for hydroxylation is 1. The SMILES string of the molecule is CC1(O)CCc2ccc(OCCCCN3CCN(c4cccc(Cl)c4Cl)CC3)cc2N1. The molecule has 0 bridgehead atoms. The van der Waals surface area contributed by atoms with Crippen molar-refractivity contribution in [3.63, 3.8) is 0 Å². The fraction of sp³-hybridized carbons (Fsp3) is 0.500. The van der Waals surface area contributed by atoms with Gasteiger partial charge in [0, 0.05) is 37.9 Å². The number of hydrogen-bond donors (Lipinski definition) is 2. The fourth-order valence-electron chi connectivity index (χ4n) is 4.29. The molecule has 0 amide bonds. The molecule has 2 aromatic rings. The second kappa shape index (κ2) is 9.86. The molecule has 1 saturated heterocycles. The predicted molar refractivity (Wildman–Crippen MR) is 129 cm³/mol. The summed E-state index contributed by atoms with van der Waals surface area (Å²) in [5.74, 6) is 0.857. The van der Waals surface area contributed by atoms with Gasteiger partial charge in [0.15, 0.2) is 0 Å².